The molecule has 0 atom stereocenters. The Kier molecular flexibility index (Phi) is 2.72. The van der Waals surface area contributed by atoms with Gasteiger partial charge >= 0.3 is 0 Å². The highest BCUT2D eigenvalue weighted by Crippen LogP contribution is 2.27. The summed E-state index contributed by atoms with van der Waals surface area (Å²) in [6.07, 6.45) is 6.50. The minimum absolute atomic E-state index is 0.737. The molecule has 5 heteroatoms. The predicted octanol–water partition coefficient (Wildman–Crippen LogP) is 2.10. The van der Waals surface area contributed by atoms with Crippen molar-refractivity contribution in [3.8, 4) is 10.6 Å². The second-order valence-electron chi connectivity index (χ2n) is 4.52. The van der Waals surface area contributed by atoms with Crippen molar-refractivity contribution in [1.29, 1.82) is 0 Å². The second-order valence-corrected chi connectivity index (χ2v) is 5.64. The smallest absolute Gasteiger partial charge is 0.107 e. The number of aryl methyl sites for hydroxylation is 1. The first-order valence-corrected chi connectivity index (χ1v) is 6.72. The lowest BCUT2D eigenvalue weighted by molar-refractivity contribution is 0.684. The molecule has 0 amide bonds. The van der Waals surface area contributed by atoms with Gasteiger partial charge in [-0.3, -0.25) is 0 Å². The number of hydrogen-bond donors (Lipinski definition) is 1. The Bertz CT molecular complexity index is 524. The van der Waals surface area contributed by atoms with E-state index in [2.05, 4.69) is 19.9 Å². The molecule has 2 aromatic heterocycles. The van der Waals surface area contributed by atoms with Crippen LogP contribution in [-0.4, -0.2) is 20.6 Å². The van der Waals surface area contributed by atoms with Gasteiger partial charge in [0.15, 0.2) is 0 Å². The fraction of sp³-hybridized carbons (Fsp3) is 0.500. The average Bonchev–Trinajstić information content (AvgIpc) is 2.95. The molecule has 17 heavy (non-hydrogen) atoms. The van der Waals surface area contributed by atoms with E-state index < -0.39 is 0 Å². The molecule has 0 bridgehead atoms. The molecule has 1 N–H and O–H groups in total. The maximum absolute atomic E-state index is 4.46. The molecule has 2 heterocycles. The molecule has 1 aliphatic rings. The Morgan fingerprint density at radius 1 is 1.41 bits per heavy atom. The van der Waals surface area contributed by atoms with Gasteiger partial charge in [0.25, 0.3) is 0 Å². The third-order valence-corrected chi connectivity index (χ3v) is 4.17. The topological polar surface area (TPSA) is 42.7 Å². The molecule has 2 aromatic rings. The van der Waals surface area contributed by atoms with Gasteiger partial charge < -0.3 is 9.88 Å². The lowest BCUT2D eigenvalue weighted by Gasteiger charge is -1.99. The maximum Gasteiger partial charge on any atom is 0.107 e. The number of rotatable bonds is 4. The van der Waals surface area contributed by atoms with E-state index >= 15 is 0 Å². The van der Waals surface area contributed by atoms with Gasteiger partial charge in [-0.1, -0.05) is 0 Å². The predicted molar refractivity (Wildman–Crippen MR) is 68.9 cm³/mol. The third-order valence-electron chi connectivity index (χ3n) is 3.15. The minimum atomic E-state index is 0.737. The Hall–Kier alpha value is -1.20. The summed E-state index contributed by atoms with van der Waals surface area (Å²) >= 11 is 1.75. The van der Waals surface area contributed by atoms with Crippen LogP contribution < -0.4 is 5.32 Å². The summed E-state index contributed by atoms with van der Waals surface area (Å²) in [5, 5.41) is 4.64. The highest BCUT2D eigenvalue weighted by molar-refractivity contribution is 7.15. The molecule has 1 fully saturated rings. The van der Waals surface area contributed by atoms with Crippen LogP contribution >= 0.6 is 11.3 Å². The van der Waals surface area contributed by atoms with Crippen molar-refractivity contribution in [2.24, 2.45) is 7.05 Å². The number of imidazole rings is 1. The van der Waals surface area contributed by atoms with Crippen LogP contribution in [-0.2, 0) is 13.6 Å². The molecular formula is C12H16N4S. The summed E-state index contributed by atoms with van der Waals surface area (Å²) in [5.74, 6) is 1.03. The Labute approximate surface area is 105 Å². The van der Waals surface area contributed by atoms with Crippen LogP contribution in [0.15, 0.2) is 12.4 Å². The van der Waals surface area contributed by atoms with Gasteiger partial charge in [0, 0.05) is 25.8 Å². The Balaban J connectivity index is 1.76. The van der Waals surface area contributed by atoms with Crippen molar-refractivity contribution in [3.05, 3.63) is 23.2 Å². The molecule has 0 aliphatic heterocycles. The van der Waals surface area contributed by atoms with Crippen molar-refractivity contribution in [2.45, 2.75) is 32.4 Å². The van der Waals surface area contributed by atoms with Crippen LogP contribution in [0, 0.1) is 6.92 Å². The zero-order chi connectivity index (χ0) is 11.8. The maximum atomic E-state index is 4.46. The zero-order valence-electron chi connectivity index (χ0n) is 10.1. The molecule has 1 saturated carbocycles. The molecule has 0 saturated heterocycles. The average molecular weight is 248 g/mol. The number of nitrogens with zero attached hydrogens (tertiary/aromatic N) is 3. The van der Waals surface area contributed by atoms with E-state index in [1.54, 1.807) is 11.3 Å². The summed E-state index contributed by atoms with van der Waals surface area (Å²) < 4.78 is 2.10. The molecule has 0 spiro atoms. The zero-order valence-corrected chi connectivity index (χ0v) is 10.9. The fourth-order valence-electron chi connectivity index (χ4n) is 1.76. The first kappa shape index (κ1) is 10.9. The molecule has 0 aromatic carbocycles. The largest absolute Gasteiger partial charge is 0.331 e. The number of hydrogen-bond acceptors (Lipinski definition) is 4. The summed E-state index contributed by atoms with van der Waals surface area (Å²) in [7, 11) is 2.04. The first-order valence-electron chi connectivity index (χ1n) is 5.91. The second kappa shape index (κ2) is 4.23. The highest BCUT2D eigenvalue weighted by atomic mass is 32.1. The monoisotopic (exact) mass is 248 g/mol. The van der Waals surface area contributed by atoms with Gasteiger partial charge in [0.2, 0.25) is 0 Å². The van der Waals surface area contributed by atoms with Crippen molar-refractivity contribution in [3.63, 3.8) is 0 Å². The van der Waals surface area contributed by atoms with Gasteiger partial charge in [-0.05, 0) is 19.8 Å². The molecule has 1 aliphatic carbocycles. The summed E-state index contributed by atoms with van der Waals surface area (Å²) in [6, 6.07) is 0.737. The quantitative estimate of drug-likeness (QED) is 0.901. The van der Waals surface area contributed by atoms with E-state index in [0.717, 1.165) is 29.1 Å². The molecule has 4 nitrogen and oxygen atoms in total. The third kappa shape index (κ3) is 2.25. The number of nitrogens with one attached hydrogen (secondary N) is 1. The van der Waals surface area contributed by atoms with E-state index in [1.165, 1.54) is 17.7 Å². The Morgan fingerprint density at radius 2 is 2.24 bits per heavy atom. The van der Waals surface area contributed by atoms with E-state index in [1.807, 2.05) is 26.4 Å². The standard InChI is InChI=1S/C12H16N4S/c1-8-13-5-10(16(8)2)11-6-15-12(17-11)7-14-9-3-4-9/h5-6,9,14H,3-4,7H2,1-2H3. The number of thiazole rings is 1. The van der Waals surface area contributed by atoms with Gasteiger partial charge in [0.05, 0.1) is 16.8 Å². The van der Waals surface area contributed by atoms with Crippen LogP contribution in [0.3, 0.4) is 0 Å². The van der Waals surface area contributed by atoms with Gasteiger partial charge in [-0.2, -0.15) is 0 Å². The normalized spacial score (nSPS) is 15.4. The van der Waals surface area contributed by atoms with Crippen LogP contribution in [0.5, 0.6) is 0 Å². The molecule has 0 unspecified atom stereocenters. The molecule has 90 valence electrons. The van der Waals surface area contributed by atoms with Crippen LogP contribution in [0.4, 0.5) is 0 Å². The lowest BCUT2D eigenvalue weighted by atomic mass is 10.4. The summed E-state index contributed by atoms with van der Waals surface area (Å²) in [6.45, 7) is 2.91. The van der Waals surface area contributed by atoms with E-state index in [0.29, 0.717) is 0 Å². The lowest BCUT2D eigenvalue weighted by Crippen LogP contribution is -2.14. The molecule has 0 radical (unpaired) electrons. The fourth-order valence-corrected chi connectivity index (χ4v) is 2.67. The van der Waals surface area contributed by atoms with E-state index in [-0.39, 0.29) is 0 Å². The van der Waals surface area contributed by atoms with Crippen LogP contribution in [0.25, 0.3) is 10.6 Å². The van der Waals surface area contributed by atoms with Crippen molar-refractivity contribution >= 4 is 11.3 Å². The molecular weight excluding hydrogens is 232 g/mol. The van der Waals surface area contributed by atoms with Gasteiger partial charge in [-0.25, -0.2) is 9.97 Å². The summed E-state index contributed by atoms with van der Waals surface area (Å²) in [4.78, 5) is 9.96. The van der Waals surface area contributed by atoms with E-state index in [9.17, 15) is 0 Å². The van der Waals surface area contributed by atoms with Crippen LogP contribution in [0.2, 0.25) is 0 Å². The SMILES string of the molecule is Cc1ncc(-c2cnc(CNC3CC3)s2)n1C. The summed E-state index contributed by atoms with van der Waals surface area (Å²) in [5.41, 5.74) is 1.15. The van der Waals surface area contributed by atoms with Gasteiger partial charge in [0.1, 0.15) is 10.8 Å². The van der Waals surface area contributed by atoms with Crippen molar-refractivity contribution in [2.75, 3.05) is 0 Å². The van der Waals surface area contributed by atoms with Crippen LogP contribution in [0.1, 0.15) is 23.7 Å². The minimum Gasteiger partial charge on any atom is -0.331 e. The van der Waals surface area contributed by atoms with E-state index in [4.69, 9.17) is 0 Å². The first-order chi connectivity index (χ1) is 8.24. The number of aromatic nitrogens is 3. The Morgan fingerprint density at radius 3 is 2.88 bits per heavy atom. The van der Waals surface area contributed by atoms with Gasteiger partial charge in [-0.15, -0.1) is 11.3 Å². The highest BCUT2D eigenvalue weighted by Gasteiger charge is 2.20. The molecule has 3 rings (SSSR count). The van der Waals surface area contributed by atoms with Crippen molar-refractivity contribution in [1.82, 2.24) is 19.9 Å². The van der Waals surface area contributed by atoms with Crippen molar-refractivity contribution < 1.29 is 0 Å².